The maximum Gasteiger partial charge on any atom is 0.337 e. The zero-order valence-corrected chi connectivity index (χ0v) is 11.1. The number of benzene rings is 1. The van der Waals surface area contributed by atoms with Crippen molar-refractivity contribution in [2.75, 3.05) is 7.11 Å². The van der Waals surface area contributed by atoms with E-state index >= 15 is 0 Å². The molecule has 1 rings (SSSR count). The quantitative estimate of drug-likeness (QED) is 0.428. The normalized spacial score (nSPS) is 8.71. The van der Waals surface area contributed by atoms with E-state index in [1.807, 2.05) is 0 Å². The Morgan fingerprint density at radius 3 is 2.35 bits per heavy atom. The Balaban J connectivity index is 2.76. The van der Waals surface area contributed by atoms with Crippen LogP contribution in [0.15, 0.2) is 24.3 Å². The van der Waals surface area contributed by atoms with Gasteiger partial charge in [0.05, 0.1) is 12.7 Å². The van der Waals surface area contributed by atoms with Gasteiger partial charge in [0.15, 0.2) is 0 Å². The Kier molecular flexibility index (Phi) is 5.06. The Bertz CT molecular complexity index is 507. The second kappa shape index (κ2) is 6.58. The molecule has 0 saturated carbocycles. The van der Waals surface area contributed by atoms with Crippen molar-refractivity contribution >= 4 is 14.8 Å². The van der Waals surface area contributed by atoms with Crippen molar-refractivity contribution in [3.8, 4) is 23.3 Å². The molecule has 0 saturated heterocycles. The van der Waals surface area contributed by atoms with Crippen molar-refractivity contribution in [3.05, 3.63) is 35.4 Å². The van der Waals surface area contributed by atoms with Crippen LogP contribution in [0.4, 0.5) is 0 Å². The van der Waals surface area contributed by atoms with Crippen LogP contribution in [0.25, 0.3) is 0 Å². The first-order valence-corrected chi connectivity index (χ1v) is 7.64. The van der Waals surface area contributed by atoms with Crippen molar-refractivity contribution in [1.29, 1.82) is 0 Å². The molecule has 0 aliphatic heterocycles. The van der Waals surface area contributed by atoms with Crippen LogP contribution in [0.1, 0.15) is 15.9 Å². The SMILES string of the molecule is COC(=O)c1ccc(C#CC#C[Si](C)C)cc1. The maximum atomic E-state index is 11.2. The average molecular weight is 241 g/mol. The van der Waals surface area contributed by atoms with Gasteiger partial charge in [-0.3, -0.25) is 0 Å². The zero-order chi connectivity index (χ0) is 12.7. The molecule has 1 aromatic carbocycles. The maximum absolute atomic E-state index is 11.2. The van der Waals surface area contributed by atoms with Crippen molar-refractivity contribution in [2.24, 2.45) is 0 Å². The molecule has 0 bridgehead atoms. The molecule has 0 aromatic heterocycles. The molecule has 0 spiro atoms. The molecule has 0 fully saturated rings. The van der Waals surface area contributed by atoms with Crippen LogP contribution in [0.2, 0.25) is 13.1 Å². The molecule has 3 heteroatoms. The van der Waals surface area contributed by atoms with Crippen molar-refractivity contribution in [3.63, 3.8) is 0 Å². The fourth-order valence-electron chi connectivity index (χ4n) is 1.07. The molecular formula is C14H13O2Si. The first kappa shape index (κ1) is 13.1. The fourth-order valence-corrected chi connectivity index (χ4v) is 1.38. The minimum absolute atomic E-state index is 0.339. The van der Waals surface area contributed by atoms with Crippen molar-refractivity contribution in [1.82, 2.24) is 0 Å². The number of ether oxygens (including phenoxy) is 1. The van der Waals surface area contributed by atoms with Gasteiger partial charge < -0.3 is 4.74 Å². The number of carbonyl (C=O) groups excluding carboxylic acids is 1. The molecule has 0 atom stereocenters. The summed E-state index contributed by atoms with van der Waals surface area (Å²) in [6, 6.07) is 6.95. The number of hydrogen-bond donors (Lipinski definition) is 0. The van der Waals surface area contributed by atoms with E-state index in [0.29, 0.717) is 5.56 Å². The smallest absolute Gasteiger partial charge is 0.337 e. The summed E-state index contributed by atoms with van der Waals surface area (Å²) in [5, 5.41) is 0. The third kappa shape index (κ3) is 4.59. The molecular weight excluding hydrogens is 228 g/mol. The molecule has 0 amide bonds. The van der Waals surface area contributed by atoms with Gasteiger partial charge in [-0.2, -0.15) is 0 Å². The van der Waals surface area contributed by atoms with E-state index in [2.05, 4.69) is 41.1 Å². The lowest BCUT2D eigenvalue weighted by Crippen LogP contribution is -2.00. The van der Waals surface area contributed by atoms with Gasteiger partial charge in [-0.15, -0.1) is 5.54 Å². The molecule has 0 aliphatic rings. The van der Waals surface area contributed by atoms with E-state index in [4.69, 9.17) is 0 Å². The predicted octanol–water partition coefficient (Wildman–Crippen LogP) is 2.12. The Hall–Kier alpha value is -1.97. The van der Waals surface area contributed by atoms with Crippen LogP contribution in [0.5, 0.6) is 0 Å². The van der Waals surface area contributed by atoms with E-state index in [0.717, 1.165) is 5.56 Å². The standard InChI is InChI=1S/C14H13O2Si/c1-16-14(15)13-9-7-12(8-10-13)6-4-5-11-17(2)3/h7-10H,1-3H3. The van der Waals surface area contributed by atoms with Crippen molar-refractivity contribution in [2.45, 2.75) is 13.1 Å². The van der Waals surface area contributed by atoms with E-state index in [1.54, 1.807) is 24.3 Å². The highest BCUT2D eigenvalue weighted by atomic mass is 28.3. The summed E-state index contributed by atoms with van der Waals surface area (Å²) in [4.78, 5) is 11.2. The Labute approximate surface area is 104 Å². The minimum Gasteiger partial charge on any atom is -0.465 e. The fraction of sp³-hybridized carbons (Fsp3) is 0.214. The topological polar surface area (TPSA) is 26.3 Å². The van der Waals surface area contributed by atoms with Crippen LogP contribution < -0.4 is 0 Å². The summed E-state index contributed by atoms with van der Waals surface area (Å²) in [6.45, 7) is 4.23. The highest BCUT2D eigenvalue weighted by Gasteiger charge is 2.02. The number of hydrogen-bond acceptors (Lipinski definition) is 2. The van der Waals surface area contributed by atoms with Gasteiger partial charge in [0.2, 0.25) is 0 Å². The van der Waals surface area contributed by atoms with Crippen LogP contribution in [-0.4, -0.2) is 21.9 Å². The average Bonchev–Trinajstić information content (AvgIpc) is 2.34. The highest BCUT2D eigenvalue weighted by molar-refractivity contribution is 6.64. The summed E-state index contributed by atoms with van der Waals surface area (Å²) < 4.78 is 4.61. The van der Waals surface area contributed by atoms with E-state index in [1.165, 1.54) is 7.11 Å². The Morgan fingerprint density at radius 2 is 1.82 bits per heavy atom. The summed E-state index contributed by atoms with van der Waals surface area (Å²) in [7, 11) is 0.827. The van der Waals surface area contributed by atoms with Gasteiger partial charge in [0.1, 0.15) is 8.80 Å². The second-order valence-electron chi connectivity index (χ2n) is 3.57. The van der Waals surface area contributed by atoms with E-state index < -0.39 is 8.80 Å². The lowest BCUT2D eigenvalue weighted by atomic mass is 10.1. The van der Waals surface area contributed by atoms with Crippen LogP contribution >= 0.6 is 0 Å². The number of rotatable bonds is 1. The summed E-state index contributed by atoms with van der Waals surface area (Å²) in [6.07, 6.45) is 0. The number of carbonyl (C=O) groups is 1. The van der Waals surface area contributed by atoms with Crippen molar-refractivity contribution < 1.29 is 9.53 Å². The molecule has 1 aromatic rings. The Morgan fingerprint density at radius 1 is 1.18 bits per heavy atom. The largest absolute Gasteiger partial charge is 0.465 e. The highest BCUT2D eigenvalue weighted by Crippen LogP contribution is 2.04. The van der Waals surface area contributed by atoms with Gasteiger partial charge in [-0.1, -0.05) is 19.0 Å². The van der Waals surface area contributed by atoms with Gasteiger partial charge in [0.25, 0.3) is 0 Å². The number of esters is 1. The van der Waals surface area contributed by atoms with Crippen LogP contribution in [-0.2, 0) is 4.74 Å². The first-order chi connectivity index (χ1) is 8.13. The summed E-state index contributed by atoms with van der Waals surface area (Å²) in [5.41, 5.74) is 4.42. The van der Waals surface area contributed by atoms with Gasteiger partial charge >= 0.3 is 5.97 Å². The van der Waals surface area contributed by atoms with E-state index in [-0.39, 0.29) is 5.97 Å². The lowest BCUT2D eigenvalue weighted by Gasteiger charge is -1.97. The summed E-state index contributed by atoms with van der Waals surface area (Å²) >= 11 is 0. The van der Waals surface area contributed by atoms with Gasteiger partial charge in [-0.25, -0.2) is 4.79 Å². The molecule has 85 valence electrons. The minimum atomic E-state index is -0.534. The summed E-state index contributed by atoms with van der Waals surface area (Å²) in [5.74, 6) is 8.20. The second-order valence-corrected chi connectivity index (χ2v) is 5.82. The molecule has 0 N–H and O–H groups in total. The third-order valence-electron chi connectivity index (χ3n) is 1.89. The third-order valence-corrected chi connectivity index (χ3v) is 2.51. The van der Waals surface area contributed by atoms with Crippen LogP contribution in [0.3, 0.4) is 0 Å². The molecule has 0 unspecified atom stereocenters. The molecule has 0 aliphatic carbocycles. The first-order valence-electron chi connectivity index (χ1n) is 5.14. The van der Waals surface area contributed by atoms with Gasteiger partial charge in [-0.05, 0) is 36.1 Å². The lowest BCUT2D eigenvalue weighted by molar-refractivity contribution is 0.0601. The monoisotopic (exact) mass is 241 g/mol. The number of methoxy groups -OCH3 is 1. The molecule has 1 radical (unpaired) electrons. The van der Waals surface area contributed by atoms with Gasteiger partial charge in [0, 0.05) is 5.56 Å². The van der Waals surface area contributed by atoms with Crippen LogP contribution in [0, 0.1) is 23.3 Å². The van der Waals surface area contributed by atoms with E-state index in [9.17, 15) is 4.79 Å². The zero-order valence-electron chi connectivity index (χ0n) is 10.1. The molecule has 17 heavy (non-hydrogen) atoms. The molecule has 0 heterocycles. The predicted molar refractivity (Wildman–Crippen MR) is 69.9 cm³/mol. The molecule has 2 nitrogen and oxygen atoms in total.